The van der Waals surface area contributed by atoms with Gasteiger partial charge in [-0.1, -0.05) is 48.5 Å². The Kier molecular flexibility index (Phi) is 4.08. The number of aromatic nitrogens is 2. The van der Waals surface area contributed by atoms with Gasteiger partial charge < -0.3 is 14.4 Å². The number of carbonyl (C=O) groups is 2. The van der Waals surface area contributed by atoms with Crippen molar-refractivity contribution in [3.63, 3.8) is 0 Å². The maximum absolute atomic E-state index is 12.4. The normalized spacial score (nSPS) is 14.2. The highest BCUT2D eigenvalue weighted by atomic mass is 16.5. The molecular weight excluding hydrogens is 370 g/mol. The van der Waals surface area contributed by atoms with Crippen LogP contribution in [0.1, 0.15) is 39.8 Å². The Morgan fingerprint density at radius 3 is 2.41 bits per heavy atom. The number of carboxylic acids is 1. The van der Waals surface area contributed by atoms with E-state index in [1.54, 1.807) is 4.57 Å². The number of carboxylic acid groups (broad SMARTS) is 1. The van der Waals surface area contributed by atoms with E-state index in [2.05, 4.69) is 22.4 Å². The minimum Gasteiger partial charge on any atom is -0.476 e. The summed E-state index contributed by atoms with van der Waals surface area (Å²) in [7, 11) is 0. The van der Waals surface area contributed by atoms with Crippen LogP contribution in [0.25, 0.3) is 11.1 Å². The lowest BCUT2D eigenvalue weighted by Crippen LogP contribution is -2.20. The lowest BCUT2D eigenvalue weighted by atomic mass is 9.98. The number of aryl methyl sites for hydroxylation is 1. The van der Waals surface area contributed by atoms with Gasteiger partial charge in [-0.05, 0) is 28.7 Å². The van der Waals surface area contributed by atoms with Gasteiger partial charge in [-0.3, -0.25) is 5.32 Å². The van der Waals surface area contributed by atoms with Crippen molar-refractivity contribution in [1.82, 2.24) is 9.55 Å². The number of hydrogen-bond acceptors (Lipinski definition) is 4. The van der Waals surface area contributed by atoms with Crippen molar-refractivity contribution >= 4 is 17.9 Å². The summed E-state index contributed by atoms with van der Waals surface area (Å²) >= 11 is 0. The molecule has 0 saturated heterocycles. The second kappa shape index (κ2) is 6.77. The first-order chi connectivity index (χ1) is 14.1. The fourth-order valence-corrected chi connectivity index (χ4v) is 4.36. The predicted molar refractivity (Wildman–Crippen MR) is 106 cm³/mol. The van der Waals surface area contributed by atoms with E-state index >= 15 is 0 Å². The summed E-state index contributed by atoms with van der Waals surface area (Å²) in [6.45, 7) is 0.756. The third-order valence-electron chi connectivity index (χ3n) is 5.60. The van der Waals surface area contributed by atoms with Gasteiger partial charge >= 0.3 is 12.1 Å². The topological polar surface area (TPSA) is 93.5 Å². The van der Waals surface area contributed by atoms with E-state index in [1.807, 2.05) is 36.4 Å². The number of fused-ring (bicyclic) bond motifs is 4. The summed E-state index contributed by atoms with van der Waals surface area (Å²) in [6, 6.07) is 16.2. The molecule has 2 heterocycles. The predicted octanol–water partition coefficient (Wildman–Crippen LogP) is 3.89. The zero-order valence-corrected chi connectivity index (χ0v) is 15.6. The van der Waals surface area contributed by atoms with Gasteiger partial charge in [0.25, 0.3) is 0 Å². The van der Waals surface area contributed by atoms with Crippen LogP contribution in [-0.2, 0) is 17.7 Å². The summed E-state index contributed by atoms with van der Waals surface area (Å²) in [5.74, 6) is -0.445. The van der Waals surface area contributed by atoms with Crippen LogP contribution in [0.3, 0.4) is 0 Å². The Bertz CT molecular complexity index is 1090. The molecule has 1 amide bonds. The minimum atomic E-state index is -1.11. The Labute approximate surface area is 167 Å². The summed E-state index contributed by atoms with van der Waals surface area (Å²) in [5.41, 5.74) is 4.54. The third-order valence-corrected chi connectivity index (χ3v) is 5.60. The van der Waals surface area contributed by atoms with Crippen LogP contribution in [0.4, 0.5) is 10.6 Å². The molecule has 0 bridgehead atoms. The molecule has 29 heavy (non-hydrogen) atoms. The molecule has 7 heteroatoms. The largest absolute Gasteiger partial charge is 0.476 e. The molecule has 2 aliphatic rings. The van der Waals surface area contributed by atoms with E-state index in [0.717, 1.165) is 28.7 Å². The van der Waals surface area contributed by atoms with E-state index in [4.69, 9.17) is 4.74 Å². The summed E-state index contributed by atoms with van der Waals surface area (Å²) in [4.78, 5) is 28.3. The lowest BCUT2D eigenvalue weighted by Gasteiger charge is -2.14. The van der Waals surface area contributed by atoms with Gasteiger partial charge in [-0.2, -0.15) is 0 Å². The van der Waals surface area contributed by atoms with Gasteiger partial charge in [0, 0.05) is 18.9 Å². The second-order valence-corrected chi connectivity index (χ2v) is 7.24. The number of benzene rings is 2. The number of nitrogens with one attached hydrogen (secondary N) is 1. The Morgan fingerprint density at radius 2 is 1.76 bits per heavy atom. The second-order valence-electron chi connectivity index (χ2n) is 7.24. The van der Waals surface area contributed by atoms with Crippen molar-refractivity contribution in [3.8, 4) is 11.1 Å². The van der Waals surface area contributed by atoms with Gasteiger partial charge in [0.2, 0.25) is 0 Å². The number of rotatable bonds is 4. The molecule has 3 aromatic rings. The van der Waals surface area contributed by atoms with Gasteiger partial charge in [0.15, 0.2) is 11.5 Å². The number of hydrogen-bond donors (Lipinski definition) is 2. The summed E-state index contributed by atoms with van der Waals surface area (Å²) in [6.07, 6.45) is 0.853. The van der Waals surface area contributed by atoms with E-state index in [-0.39, 0.29) is 24.0 Å². The zero-order chi connectivity index (χ0) is 20.0. The van der Waals surface area contributed by atoms with Crippen molar-refractivity contribution in [2.45, 2.75) is 25.3 Å². The maximum Gasteiger partial charge on any atom is 0.412 e. The zero-order valence-electron chi connectivity index (χ0n) is 15.6. The average Bonchev–Trinajstić information content (AvgIpc) is 3.37. The summed E-state index contributed by atoms with van der Waals surface area (Å²) < 4.78 is 7.13. The molecule has 0 radical (unpaired) electrons. The van der Waals surface area contributed by atoms with Crippen LogP contribution in [-0.4, -0.2) is 33.3 Å². The van der Waals surface area contributed by atoms with Crippen molar-refractivity contribution < 1.29 is 19.4 Å². The highest BCUT2D eigenvalue weighted by Gasteiger charge is 2.30. The van der Waals surface area contributed by atoms with Gasteiger partial charge in [-0.25, -0.2) is 14.6 Å². The SMILES string of the molecule is O=C(Nc1nc2n(c1C(=O)O)CCC2)OCC1c2ccccc2-c2ccccc21. The van der Waals surface area contributed by atoms with Gasteiger partial charge in [0.05, 0.1) is 0 Å². The molecule has 0 unspecified atom stereocenters. The number of nitrogens with zero attached hydrogens (tertiary/aromatic N) is 2. The van der Waals surface area contributed by atoms with Gasteiger partial charge in [0.1, 0.15) is 12.4 Å². The minimum absolute atomic E-state index is 0.00556. The molecule has 0 spiro atoms. The van der Waals surface area contributed by atoms with E-state index in [0.29, 0.717) is 18.8 Å². The molecule has 0 saturated carbocycles. The van der Waals surface area contributed by atoms with Crippen molar-refractivity contribution in [3.05, 3.63) is 71.2 Å². The van der Waals surface area contributed by atoms with Crippen LogP contribution in [0.15, 0.2) is 48.5 Å². The Morgan fingerprint density at radius 1 is 1.10 bits per heavy atom. The molecule has 1 aromatic heterocycles. The van der Waals surface area contributed by atoms with Crippen molar-refractivity contribution in [1.29, 1.82) is 0 Å². The molecule has 1 aliphatic carbocycles. The Hall–Kier alpha value is -3.61. The standard InChI is InChI=1S/C22H19N3O4/c26-21(27)19-20(23-18-10-5-11-25(18)19)24-22(28)29-12-17-15-8-3-1-6-13(15)14-7-2-4-9-16(14)17/h1-4,6-9,17H,5,10-12H2,(H,24,28)(H,26,27). The molecule has 7 nitrogen and oxygen atoms in total. The fraction of sp³-hybridized carbons (Fsp3) is 0.227. The molecule has 2 aromatic carbocycles. The molecule has 2 N–H and O–H groups in total. The molecule has 146 valence electrons. The number of carbonyl (C=O) groups excluding carboxylic acids is 1. The van der Waals surface area contributed by atoms with E-state index in [1.165, 1.54) is 0 Å². The maximum atomic E-state index is 12.4. The van der Waals surface area contributed by atoms with Crippen LogP contribution >= 0.6 is 0 Å². The molecule has 5 rings (SSSR count). The first-order valence-electron chi connectivity index (χ1n) is 9.58. The van der Waals surface area contributed by atoms with E-state index in [9.17, 15) is 14.7 Å². The monoisotopic (exact) mass is 389 g/mol. The van der Waals surface area contributed by atoms with Crippen LogP contribution in [0.5, 0.6) is 0 Å². The number of amides is 1. The molecule has 0 fully saturated rings. The first kappa shape index (κ1) is 17.5. The number of imidazole rings is 1. The van der Waals surface area contributed by atoms with Crippen molar-refractivity contribution in [2.75, 3.05) is 11.9 Å². The third kappa shape index (κ3) is 2.86. The first-order valence-corrected chi connectivity index (χ1v) is 9.58. The summed E-state index contributed by atoms with van der Waals surface area (Å²) in [5, 5.41) is 12.0. The highest BCUT2D eigenvalue weighted by molar-refractivity contribution is 5.96. The smallest absolute Gasteiger partial charge is 0.412 e. The van der Waals surface area contributed by atoms with Crippen molar-refractivity contribution in [2.24, 2.45) is 0 Å². The fourth-order valence-electron chi connectivity index (χ4n) is 4.36. The highest BCUT2D eigenvalue weighted by Crippen LogP contribution is 2.44. The lowest BCUT2D eigenvalue weighted by molar-refractivity contribution is 0.0686. The van der Waals surface area contributed by atoms with Gasteiger partial charge in [-0.15, -0.1) is 0 Å². The van der Waals surface area contributed by atoms with Crippen LogP contribution < -0.4 is 5.32 Å². The number of anilines is 1. The number of aromatic carboxylic acids is 1. The van der Waals surface area contributed by atoms with Crippen LogP contribution in [0.2, 0.25) is 0 Å². The Balaban J connectivity index is 1.34. The van der Waals surface area contributed by atoms with Crippen LogP contribution in [0, 0.1) is 0 Å². The number of ether oxygens (including phenoxy) is 1. The quantitative estimate of drug-likeness (QED) is 0.706. The molecule has 1 aliphatic heterocycles. The average molecular weight is 389 g/mol. The molecule has 0 atom stereocenters. The van der Waals surface area contributed by atoms with E-state index < -0.39 is 12.1 Å². The molecular formula is C22H19N3O4.